The second-order valence-corrected chi connectivity index (χ2v) is 6.21. The highest BCUT2D eigenvalue weighted by Gasteiger charge is 2.38. The predicted molar refractivity (Wildman–Crippen MR) is 91.1 cm³/mol. The topological polar surface area (TPSA) is 46.6 Å². The summed E-state index contributed by atoms with van der Waals surface area (Å²) in [6, 6.07) is 5.04. The third-order valence-electron chi connectivity index (χ3n) is 3.63. The van der Waals surface area contributed by atoms with Crippen molar-refractivity contribution >= 4 is 41.2 Å². The molecule has 2 rings (SSSR count). The molecule has 1 aromatic rings. The van der Waals surface area contributed by atoms with E-state index in [0.717, 1.165) is 0 Å². The standard InChI is InChI=1S/C17H17Cl2NO3/c1-9(2)20-10(3)14(17(22)23-4)12(16(20)21)8-11-6-5-7-13(18)15(11)19/h5-9H,1-4H3/b12-8-. The summed E-state index contributed by atoms with van der Waals surface area (Å²) < 4.78 is 4.83. The van der Waals surface area contributed by atoms with Crippen molar-refractivity contribution in [1.29, 1.82) is 0 Å². The number of hydrogen-bond acceptors (Lipinski definition) is 3. The summed E-state index contributed by atoms with van der Waals surface area (Å²) >= 11 is 12.2. The van der Waals surface area contributed by atoms with Crippen LogP contribution in [0, 0.1) is 0 Å². The highest BCUT2D eigenvalue weighted by Crippen LogP contribution is 2.35. The maximum absolute atomic E-state index is 12.7. The van der Waals surface area contributed by atoms with Gasteiger partial charge in [-0.25, -0.2) is 4.79 Å². The minimum Gasteiger partial charge on any atom is -0.465 e. The fourth-order valence-electron chi connectivity index (χ4n) is 2.61. The Morgan fingerprint density at radius 3 is 2.52 bits per heavy atom. The van der Waals surface area contributed by atoms with Crippen LogP contribution in [0.1, 0.15) is 26.3 Å². The van der Waals surface area contributed by atoms with E-state index in [9.17, 15) is 9.59 Å². The van der Waals surface area contributed by atoms with Gasteiger partial charge in [0.25, 0.3) is 5.91 Å². The number of carbonyl (C=O) groups excluding carboxylic acids is 2. The van der Waals surface area contributed by atoms with Crippen molar-refractivity contribution in [3.63, 3.8) is 0 Å². The van der Waals surface area contributed by atoms with Crippen LogP contribution in [-0.2, 0) is 14.3 Å². The van der Waals surface area contributed by atoms with E-state index in [0.29, 0.717) is 21.3 Å². The van der Waals surface area contributed by atoms with Gasteiger partial charge in [-0.15, -0.1) is 0 Å². The Hall–Kier alpha value is -1.78. The van der Waals surface area contributed by atoms with Crippen molar-refractivity contribution in [2.45, 2.75) is 26.8 Å². The van der Waals surface area contributed by atoms with Crippen LogP contribution >= 0.6 is 23.2 Å². The summed E-state index contributed by atoms with van der Waals surface area (Å²) in [4.78, 5) is 26.4. The van der Waals surface area contributed by atoms with Crippen LogP contribution < -0.4 is 0 Å². The van der Waals surface area contributed by atoms with Crippen LogP contribution in [0.3, 0.4) is 0 Å². The Labute approximate surface area is 145 Å². The monoisotopic (exact) mass is 353 g/mol. The lowest BCUT2D eigenvalue weighted by molar-refractivity contribution is -0.136. The quantitative estimate of drug-likeness (QED) is 0.607. The van der Waals surface area contributed by atoms with E-state index in [1.54, 1.807) is 36.1 Å². The lowest BCUT2D eigenvalue weighted by Crippen LogP contribution is -2.31. The van der Waals surface area contributed by atoms with Gasteiger partial charge >= 0.3 is 5.97 Å². The molecule has 1 aliphatic rings. The molecule has 4 nitrogen and oxygen atoms in total. The molecule has 6 heteroatoms. The summed E-state index contributed by atoms with van der Waals surface area (Å²) in [5.41, 5.74) is 1.65. The average Bonchev–Trinajstić information content (AvgIpc) is 2.74. The first-order valence-electron chi connectivity index (χ1n) is 7.08. The molecule has 0 saturated heterocycles. The fraction of sp³-hybridized carbons (Fsp3) is 0.294. The van der Waals surface area contributed by atoms with E-state index in [-0.39, 0.29) is 23.1 Å². The van der Waals surface area contributed by atoms with E-state index < -0.39 is 5.97 Å². The van der Waals surface area contributed by atoms with Gasteiger partial charge in [0, 0.05) is 11.7 Å². The van der Waals surface area contributed by atoms with Crippen LogP contribution in [0.4, 0.5) is 0 Å². The van der Waals surface area contributed by atoms with Crippen LogP contribution in [0.5, 0.6) is 0 Å². The number of nitrogens with zero attached hydrogens (tertiary/aromatic N) is 1. The number of halogens is 2. The number of hydrogen-bond donors (Lipinski definition) is 0. The molecule has 0 unspecified atom stereocenters. The van der Waals surface area contributed by atoms with Gasteiger partial charge in [-0.1, -0.05) is 35.3 Å². The van der Waals surface area contributed by atoms with Crippen molar-refractivity contribution in [1.82, 2.24) is 4.90 Å². The average molecular weight is 354 g/mol. The second-order valence-electron chi connectivity index (χ2n) is 5.42. The normalized spacial score (nSPS) is 16.7. The molecule has 0 spiro atoms. The van der Waals surface area contributed by atoms with Crippen LogP contribution in [0.2, 0.25) is 10.0 Å². The molecule has 1 amide bonds. The SMILES string of the molecule is COC(=O)C1=C(C)N(C(C)C)C(=O)/C1=C\c1cccc(Cl)c1Cl. The number of allylic oxidation sites excluding steroid dienone is 1. The first-order chi connectivity index (χ1) is 10.8. The van der Waals surface area contributed by atoms with Gasteiger partial charge in [0.1, 0.15) is 0 Å². The zero-order chi connectivity index (χ0) is 17.3. The highest BCUT2D eigenvalue weighted by atomic mass is 35.5. The number of rotatable bonds is 3. The zero-order valence-corrected chi connectivity index (χ0v) is 14.8. The first-order valence-corrected chi connectivity index (χ1v) is 7.84. The van der Waals surface area contributed by atoms with E-state index in [1.165, 1.54) is 7.11 Å². The molecule has 0 atom stereocenters. The lowest BCUT2D eigenvalue weighted by Gasteiger charge is -2.22. The molecular formula is C17H17Cl2NO3. The van der Waals surface area contributed by atoms with Crippen LogP contribution in [0.25, 0.3) is 6.08 Å². The summed E-state index contributed by atoms with van der Waals surface area (Å²) in [7, 11) is 1.29. The van der Waals surface area contributed by atoms with Crippen molar-refractivity contribution in [3.05, 3.63) is 50.7 Å². The Morgan fingerprint density at radius 1 is 1.30 bits per heavy atom. The molecular weight excluding hydrogens is 337 g/mol. The van der Waals surface area contributed by atoms with Gasteiger partial charge in [0.15, 0.2) is 0 Å². The molecule has 1 heterocycles. The molecule has 0 N–H and O–H groups in total. The predicted octanol–water partition coefficient (Wildman–Crippen LogP) is 4.07. The molecule has 0 aliphatic carbocycles. The Kier molecular flexibility index (Phi) is 5.17. The van der Waals surface area contributed by atoms with Crippen LogP contribution in [-0.4, -0.2) is 29.9 Å². The second kappa shape index (κ2) is 6.77. The molecule has 0 aromatic heterocycles. The van der Waals surface area contributed by atoms with E-state index >= 15 is 0 Å². The largest absolute Gasteiger partial charge is 0.465 e. The number of esters is 1. The number of benzene rings is 1. The third kappa shape index (κ3) is 3.14. The highest BCUT2D eigenvalue weighted by molar-refractivity contribution is 6.43. The van der Waals surface area contributed by atoms with Crippen molar-refractivity contribution in [2.24, 2.45) is 0 Å². The zero-order valence-electron chi connectivity index (χ0n) is 13.3. The molecule has 0 saturated carbocycles. The molecule has 0 radical (unpaired) electrons. The molecule has 122 valence electrons. The number of carbonyl (C=O) groups is 2. The maximum Gasteiger partial charge on any atom is 0.340 e. The fourth-order valence-corrected chi connectivity index (χ4v) is 2.97. The van der Waals surface area contributed by atoms with Gasteiger partial charge in [-0.05, 0) is 38.5 Å². The summed E-state index contributed by atoms with van der Waals surface area (Å²) in [5.74, 6) is -0.808. The van der Waals surface area contributed by atoms with Crippen molar-refractivity contribution in [2.75, 3.05) is 7.11 Å². The molecule has 0 bridgehead atoms. The Morgan fingerprint density at radius 2 is 1.96 bits per heavy atom. The van der Waals surface area contributed by atoms with Gasteiger partial charge in [-0.2, -0.15) is 0 Å². The number of amides is 1. The smallest absolute Gasteiger partial charge is 0.340 e. The minimum absolute atomic E-state index is 0.0807. The third-order valence-corrected chi connectivity index (χ3v) is 4.46. The Bertz CT molecular complexity index is 735. The molecule has 23 heavy (non-hydrogen) atoms. The van der Waals surface area contributed by atoms with Gasteiger partial charge in [0.2, 0.25) is 0 Å². The Balaban J connectivity index is 2.64. The summed E-state index contributed by atoms with van der Waals surface area (Å²) in [5, 5.41) is 0.715. The lowest BCUT2D eigenvalue weighted by atomic mass is 10.0. The minimum atomic E-state index is -0.552. The summed E-state index contributed by atoms with van der Waals surface area (Å²) in [6.07, 6.45) is 1.58. The van der Waals surface area contributed by atoms with Crippen molar-refractivity contribution in [3.8, 4) is 0 Å². The van der Waals surface area contributed by atoms with Gasteiger partial charge in [-0.3, -0.25) is 4.79 Å². The van der Waals surface area contributed by atoms with Crippen molar-refractivity contribution < 1.29 is 14.3 Å². The number of methoxy groups -OCH3 is 1. The van der Waals surface area contributed by atoms with E-state index in [4.69, 9.17) is 27.9 Å². The molecule has 1 aromatic carbocycles. The number of ether oxygens (including phenoxy) is 1. The van der Waals surface area contributed by atoms with Crippen LogP contribution in [0.15, 0.2) is 35.0 Å². The van der Waals surface area contributed by atoms with E-state index in [1.807, 2.05) is 13.8 Å². The van der Waals surface area contributed by atoms with Gasteiger partial charge in [0.05, 0.1) is 28.3 Å². The maximum atomic E-state index is 12.7. The first kappa shape index (κ1) is 17.6. The molecule has 0 fully saturated rings. The van der Waals surface area contributed by atoms with Gasteiger partial charge < -0.3 is 9.64 Å². The summed E-state index contributed by atoms with van der Waals surface area (Å²) in [6.45, 7) is 5.49. The van der Waals surface area contributed by atoms with E-state index in [2.05, 4.69) is 0 Å². The molecule has 1 aliphatic heterocycles.